The van der Waals surface area contributed by atoms with Crippen molar-refractivity contribution in [3.8, 4) is 5.69 Å². The number of aryl methyl sites for hydroxylation is 1. The van der Waals surface area contributed by atoms with Gasteiger partial charge in [-0.2, -0.15) is 5.10 Å². The van der Waals surface area contributed by atoms with Crippen molar-refractivity contribution in [2.75, 3.05) is 26.7 Å². The highest BCUT2D eigenvalue weighted by molar-refractivity contribution is 5.92. The van der Waals surface area contributed by atoms with Gasteiger partial charge in [0, 0.05) is 30.4 Å². The van der Waals surface area contributed by atoms with E-state index in [2.05, 4.69) is 10.4 Å². The number of likely N-dealkylation sites (tertiary alicyclic amines) is 1. The number of hydrogen-bond donors (Lipinski definition) is 1. The topological polar surface area (TPSA) is 50.2 Å². The summed E-state index contributed by atoms with van der Waals surface area (Å²) in [5.74, 6) is 0.294. The number of halogens is 1. The van der Waals surface area contributed by atoms with E-state index in [0.717, 1.165) is 48.7 Å². The molecular formula is C20H25FN4O. The van der Waals surface area contributed by atoms with Gasteiger partial charge in [-0.25, -0.2) is 9.07 Å². The summed E-state index contributed by atoms with van der Waals surface area (Å²) in [7, 11) is 1.94. The zero-order valence-electron chi connectivity index (χ0n) is 15.5. The van der Waals surface area contributed by atoms with Crippen LogP contribution in [0.15, 0.2) is 30.3 Å². The van der Waals surface area contributed by atoms with Gasteiger partial charge in [0.1, 0.15) is 5.82 Å². The van der Waals surface area contributed by atoms with E-state index >= 15 is 0 Å². The molecule has 1 saturated heterocycles. The predicted octanol–water partition coefficient (Wildman–Crippen LogP) is 2.71. The molecule has 0 saturated carbocycles. The molecule has 138 valence electrons. The quantitative estimate of drug-likeness (QED) is 0.838. The van der Waals surface area contributed by atoms with Gasteiger partial charge in [-0.3, -0.25) is 4.79 Å². The van der Waals surface area contributed by atoms with E-state index in [1.54, 1.807) is 22.9 Å². The monoisotopic (exact) mass is 356 g/mol. The molecule has 1 aliphatic heterocycles. The van der Waals surface area contributed by atoms with E-state index in [0.29, 0.717) is 5.92 Å². The fraction of sp³-hybridized carbons (Fsp3) is 0.400. The number of amides is 1. The highest BCUT2D eigenvalue weighted by Gasteiger charge is 2.24. The van der Waals surface area contributed by atoms with E-state index in [1.165, 1.54) is 12.1 Å². The lowest BCUT2D eigenvalue weighted by Crippen LogP contribution is -2.28. The van der Waals surface area contributed by atoms with Crippen LogP contribution in [0.1, 0.15) is 23.4 Å². The Morgan fingerprint density at radius 2 is 2.08 bits per heavy atom. The van der Waals surface area contributed by atoms with Crippen LogP contribution in [-0.2, 0) is 4.79 Å². The number of benzene rings is 1. The minimum atomic E-state index is -0.275. The standard InChI is InChI=1S/C20H25FN4O/c1-14-19(8-9-20(26)24-11-10-16(13-24)12-22-3)15(2)25(23-14)18-6-4-17(21)5-7-18/h4-9,16,22H,10-13H2,1-3H3. The Balaban J connectivity index is 1.75. The number of rotatable bonds is 5. The SMILES string of the molecule is CNCC1CCN(C(=O)C=Cc2c(C)nn(-c3ccc(F)cc3)c2C)C1. The van der Waals surface area contributed by atoms with Gasteiger partial charge in [0.05, 0.1) is 11.4 Å². The summed E-state index contributed by atoms with van der Waals surface area (Å²) >= 11 is 0. The van der Waals surface area contributed by atoms with Crippen LogP contribution < -0.4 is 5.32 Å². The van der Waals surface area contributed by atoms with Gasteiger partial charge in [0.15, 0.2) is 0 Å². The van der Waals surface area contributed by atoms with E-state index in [4.69, 9.17) is 0 Å². The van der Waals surface area contributed by atoms with Crippen molar-refractivity contribution in [1.82, 2.24) is 20.0 Å². The van der Waals surface area contributed by atoms with Gasteiger partial charge in [-0.05, 0) is 70.1 Å². The fourth-order valence-electron chi connectivity index (χ4n) is 3.48. The number of carbonyl (C=O) groups excluding carboxylic acids is 1. The second-order valence-electron chi connectivity index (χ2n) is 6.80. The molecular weight excluding hydrogens is 331 g/mol. The Labute approximate surface area is 153 Å². The minimum Gasteiger partial charge on any atom is -0.339 e. The van der Waals surface area contributed by atoms with Gasteiger partial charge in [0.25, 0.3) is 0 Å². The Bertz CT molecular complexity index is 810. The zero-order chi connectivity index (χ0) is 18.7. The summed E-state index contributed by atoms with van der Waals surface area (Å²) in [6.07, 6.45) is 4.51. The summed E-state index contributed by atoms with van der Waals surface area (Å²) in [5, 5.41) is 7.70. The molecule has 0 spiro atoms. The molecule has 0 aliphatic carbocycles. The van der Waals surface area contributed by atoms with Gasteiger partial charge in [-0.15, -0.1) is 0 Å². The largest absolute Gasteiger partial charge is 0.339 e. The number of hydrogen-bond acceptors (Lipinski definition) is 3. The maximum Gasteiger partial charge on any atom is 0.246 e. The van der Waals surface area contributed by atoms with Crippen molar-refractivity contribution in [2.45, 2.75) is 20.3 Å². The van der Waals surface area contributed by atoms with Gasteiger partial charge < -0.3 is 10.2 Å². The van der Waals surface area contributed by atoms with Crippen molar-refractivity contribution in [1.29, 1.82) is 0 Å². The Hall–Kier alpha value is -2.47. The maximum absolute atomic E-state index is 13.1. The first kappa shape index (κ1) is 18.3. The molecule has 1 amide bonds. The second kappa shape index (κ2) is 7.83. The van der Waals surface area contributed by atoms with Crippen LogP contribution in [0.4, 0.5) is 4.39 Å². The highest BCUT2D eigenvalue weighted by atomic mass is 19.1. The van der Waals surface area contributed by atoms with Crippen molar-refractivity contribution in [3.63, 3.8) is 0 Å². The van der Waals surface area contributed by atoms with Crippen molar-refractivity contribution in [2.24, 2.45) is 5.92 Å². The first-order valence-corrected chi connectivity index (χ1v) is 8.93. The summed E-state index contributed by atoms with van der Waals surface area (Å²) in [6.45, 7) is 6.41. The maximum atomic E-state index is 13.1. The lowest BCUT2D eigenvalue weighted by Gasteiger charge is -2.14. The molecule has 26 heavy (non-hydrogen) atoms. The molecule has 1 fully saturated rings. The lowest BCUT2D eigenvalue weighted by atomic mass is 10.1. The molecule has 1 aromatic heterocycles. The van der Waals surface area contributed by atoms with Crippen LogP contribution in [0.25, 0.3) is 11.8 Å². The molecule has 2 heterocycles. The summed E-state index contributed by atoms with van der Waals surface area (Å²) in [6, 6.07) is 6.22. The number of nitrogens with zero attached hydrogens (tertiary/aromatic N) is 3. The van der Waals surface area contributed by atoms with E-state index in [1.807, 2.05) is 31.9 Å². The second-order valence-corrected chi connectivity index (χ2v) is 6.80. The minimum absolute atomic E-state index is 0.0388. The average molecular weight is 356 g/mol. The summed E-state index contributed by atoms with van der Waals surface area (Å²) < 4.78 is 14.9. The van der Waals surface area contributed by atoms with E-state index < -0.39 is 0 Å². The summed E-state index contributed by atoms with van der Waals surface area (Å²) in [4.78, 5) is 14.4. The van der Waals surface area contributed by atoms with Crippen LogP contribution in [0, 0.1) is 25.6 Å². The number of carbonyl (C=O) groups is 1. The summed E-state index contributed by atoms with van der Waals surface area (Å²) in [5.41, 5.74) is 3.49. The molecule has 1 aromatic carbocycles. The first-order chi connectivity index (χ1) is 12.5. The van der Waals surface area contributed by atoms with Crippen LogP contribution in [0.2, 0.25) is 0 Å². The van der Waals surface area contributed by atoms with Crippen LogP contribution in [-0.4, -0.2) is 47.3 Å². The van der Waals surface area contributed by atoms with Crippen LogP contribution in [0.3, 0.4) is 0 Å². The van der Waals surface area contributed by atoms with Gasteiger partial charge in [0.2, 0.25) is 5.91 Å². The van der Waals surface area contributed by atoms with Gasteiger partial charge in [-0.1, -0.05) is 0 Å². The number of aromatic nitrogens is 2. The fourth-order valence-corrected chi connectivity index (χ4v) is 3.48. The smallest absolute Gasteiger partial charge is 0.246 e. The third-order valence-electron chi connectivity index (χ3n) is 4.90. The predicted molar refractivity (Wildman–Crippen MR) is 101 cm³/mol. The molecule has 1 unspecified atom stereocenters. The third kappa shape index (κ3) is 3.85. The average Bonchev–Trinajstić information content (AvgIpc) is 3.19. The van der Waals surface area contributed by atoms with Crippen molar-refractivity contribution < 1.29 is 9.18 Å². The van der Waals surface area contributed by atoms with E-state index in [9.17, 15) is 9.18 Å². The molecule has 2 aromatic rings. The Morgan fingerprint density at radius 3 is 2.77 bits per heavy atom. The molecule has 1 atom stereocenters. The Kier molecular flexibility index (Phi) is 5.52. The third-order valence-corrected chi connectivity index (χ3v) is 4.90. The molecule has 1 aliphatic rings. The normalized spacial score (nSPS) is 17.4. The highest BCUT2D eigenvalue weighted by Crippen LogP contribution is 2.20. The molecule has 0 bridgehead atoms. The van der Waals surface area contributed by atoms with Crippen molar-refractivity contribution in [3.05, 3.63) is 53.1 Å². The first-order valence-electron chi connectivity index (χ1n) is 8.93. The van der Waals surface area contributed by atoms with E-state index in [-0.39, 0.29) is 11.7 Å². The zero-order valence-corrected chi connectivity index (χ0v) is 15.5. The number of nitrogens with one attached hydrogen (secondary N) is 1. The van der Waals surface area contributed by atoms with Crippen LogP contribution in [0.5, 0.6) is 0 Å². The molecule has 3 rings (SSSR count). The lowest BCUT2D eigenvalue weighted by molar-refractivity contribution is -0.125. The van der Waals surface area contributed by atoms with Crippen LogP contribution >= 0.6 is 0 Å². The Morgan fingerprint density at radius 1 is 1.35 bits per heavy atom. The molecule has 1 N–H and O–H groups in total. The molecule has 5 nitrogen and oxygen atoms in total. The van der Waals surface area contributed by atoms with Gasteiger partial charge >= 0.3 is 0 Å². The molecule has 0 radical (unpaired) electrons. The van der Waals surface area contributed by atoms with Crippen molar-refractivity contribution >= 4 is 12.0 Å². The molecule has 6 heteroatoms.